The van der Waals surface area contributed by atoms with Crippen LogP contribution in [0.2, 0.25) is 0 Å². The molecule has 107 heavy (non-hydrogen) atoms. The minimum Gasteiger partial charge on any atom is -0.309 e. The third-order valence-electron chi connectivity index (χ3n) is 24.5. The highest BCUT2D eigenvalue weighted by molar-refractivity contribution is 6.21. The summed E-state index contributed by atoms with van der Waals surface area (Å²) in [5.41, 5.74) is 26.9. The zero-order valence-electron chi connectivity index (χ0n) is 60.9. The first-order valence-corrected chi connectivity index (χ1v) is 37.8. The summed E-state index contributed by atoms with van der Waals surface area (Å²) in [6.45, 7) is 14.4. The van der Waals surface area contributed by atoms with E-state index in [9.17, 15) is 0 Å². The average molecular weight is 1370 g/mol. The summed E-state index contributed by atoms with van der Waals surface area (Å²) in [5.74, 6) is 0. The van der Waals surface area contributed by atoms with Gasteiger partial charge in [-0.1, -0.05) is 345 Å². The molecule has 18 aromatic carbocycles. The van der Waals surface area contributed by atoms with Gasteiger partial charge in [-0.25, -0.2) is 0 Å². The lowest BCUT2D eigenvalue weighted by Crippen LogP contribution is -2.17. The predicted molar refractivity (Wildman–Crippen MR) is 459 cm³/mol. The lowest BCUT2D eigenvalue weighted by atomic mass is 9.81. The van der Waals surface area contributed by atoms with Gasteiger partial charge >= 0.3 is 0 Å². The highest BCUT2D eigenvalue weighted by atomic mass is 15.2. The van der Waals surface area contributed by atoms with E-state index in [2.05, 4.69) is 403 Å². The van der Waals surface area contributed by atoms with E-state index in [4.69, 9.17) is 0 Å². The van der Waals surface area contributed by atoms with Crippen molar-refractivity contribution >= 4 is 145 Å². The normalized spacial score (nSPS) is 14.2. The summed E-state index contributed by atoms with van der Waals surface area (Å²) in [5, 5.41) is 19.8. The molecule has 3 aliphatic carbocycles. The summed E-state index contributed by atoms with van der Waals surface area (Å²) < 4.78 is 0. The molecule has 0 saturated carbocycles. The van der Waals surface area contributed by atoms with Crippen molar-refractivity contribution in [1.29, 1.82) is 0 Å². The zero-order valence-corrected chi connectivity index (χ0v) is 60.9. The Hall–Kier alpha value is -12.9. The van der Waals surface area contributed by atoms with Crippen LogP contribution in [0.3, 0.4) is 0 Å². The van der Waals surface area contributed by atoms with Crippen molar-refractivity contribution in [3.63, 3.8) is 0 Å². The van der Waals surface area contributed by atoms with Gasteiger partial charge in [-0.15, -0.1) is 0 Å². The molecule has 0 aliphatic heterocycles. The second-order valence-corrected chi connectivity index (χ2v) is 31.5. The average Bonchev–Trinajstić information content (AvgIpc) is 1.63. The van der Waals surface area contributed by atoms with Crippen molar-refractivity contribution in [3.8, 4) is 33.4 Å². The summed E-state index contributed by atoms with van der Waals surface area (Å²) >= 11 is 0. The third-order valence-corrected chi connectivity index (χ3v) is 24.5. The first-order chi connectivity index (χ1) is 52.3. The number of hydrogen-bond acceptors (Lipinski definition) is 2. The van der Waals surface area contributed by atoms with Crippen molar-refractivity contribution in [1.82, 2.24) is 0 Å². The van der Waals surface area contributed by atoms with Gasteiger partial charge in [-0.3, -0.25) is 0 Å². The molecule has 21 rings (SSSR count). The van der Waals surface area contributed by atoms with Crippen molar-refractivity contribution in [3.05, 3.63) is 383 Å². The maximum Gasteiger partial charge on any atom is 0.0546 e. The van der Waals surface area contributed by atoms with Crippen LogP contribution in [0.1, 0.15) is 97.2 Å². The van der Waals surface area contributed by atoms with E-state index in [1.165, 1.54) is 175 Å². The third kappa shape index (κ3) is 9.65. The summed E-state index contributed by atoms with van der Waals surface area (Å²) in [6, 6.07) is 124. The molecule has 0 saturated heterocycles. The van der Waals surface area contributed by atoms with Crippen LogP contribution >= 0.6 is 0 Å². The van der Waals surface area contributed by atoms with E-state index < -0.39 is 0 Å². The van der Waals surface area contributed by atoms with Crippen molar-refractivity contribution in [2.45, 2.75) is 57.8 Å². The van der Waals surface area contributed by atoms with E-state index in [1.807, 2.05) is 0 Å². The molecular weight excluding hydrogens is 1290 g/mol. The van der Waals surface area contributed by atoms with E-state index in [-0.39, 0.29) is 16.2 Å². The molecule has 0 aromatic heterocycles. The summed E-state index contributed by atoms with van der Waals surface area (Å²) in [6.07, 6.45) is 9.26. The molecule has 2 nitrogen and oxygen atoms in total. The van der Waals surface area contributed by atoms with Gasteiger partial charge in [0.15, 0.2) is 0 Å². The van der Waals surface area contributed by atoms with Crippen LogP contribution in [0.4, 0.5) is 34.1 Å². The van der Waals surface area contributed by atoms with Gasteiger partial charge in [0.2, 0.25) is 0 Å². The topological polar surface area (TPSA) is 6.48 Å². The Morgan fingerprint density at radius 3 is 0.626 bits per heavy atom. The van der Waals surface area contributed by atoms with Gasteiger partial charge in [-0.05, 0) is 202 Å². The molecule has 0 N–H and O–H groups in total. The van der Waals surface area contributed by atoms with Crippen LogP contribution < -0.4 is 9.80 Å². The van der Waals surface area contributed by atoms with Crippen molar-refractivity contribution < 1.29 is 0 Å². The van der Waals surface area contributed by atoms with Gasteiger partial charge in [-0.2, -0.15) is 0 Å². The van der Waals surface area contributed by atoms with Gasteiger partial charge in [0.25, 0.3) is 0 Å². The molecule has 18 aromatic rings. The fourth-order valence-electron chi connectivity index (χ4n) is 19.0. The number of rotatable bonds is 10. The SMILES string of the molecule is CC1(C)c2cc(/C=C/c3ccc4c(c3)C(C)(C)c3cc(N(c5cc6ccccc6c6ccccc56)c5cc6ccccc6c6ccccc56)ccc3-4)ccc2-c2ccc(/C=C/c3ccc4c(c3)C(C)(C)c3cc(N(c5cc6ccccc6c6ccccc56)c5cc6ccccc6c6ccccc56)ccc3-4)cc21. The quantitative estimate of drug-likeness (QED) is 0.0995. The predicted octanol–water partition coefficient (Wildman–Crippen LogP) is 29.1. The molecule has 0 atom stereocenters. The Morgan fingerprint density at radius 2 is 0.383 bits per heavy atom. The molecule has 0 fully saturated rings. The fraction of sp³-hybridized carbons (Fsp3) is 0.0857. The highest BCUT2D eigenvalue weighted by Gasteiger charge is 2.40. The summed E-state index contributed by atoms with van der Waals surface area (Å²) in [4.78, 5) is 5.09. The number of hydrogen-bond donors (Lipinski definition) is 0. The van der Waals surface area contributed by atoms with Gasteiger partial charge in [0.1, 0.15) is 0 Å². The molecule has 0 spiro atoms. The molecule has 0 bridgehead atoms. The van der Waals surface area contributed by atoms with Gasteiger partial charge in [0, 0.05) is 49.2 Å². The second-order valence-electron chi connectivity index (χ2n) is 31.5. The molecule has 0 amide bonds. The minimum atomic E-state index is -0.266. The standard InChI is InChI=1S/C105H76N2/c1-103(2)93-55-65(39-41-67-45-51-85-87-53-47-73(63-97(87)104(3,4)95(85)57-67)106(99-59-69-23-7-11-27-75(69)79-31-15-19-35-89(79)99)100-60-70-24-8-12-28-76(70)80-32-16-20-36-90(80)100)43-49-83(93)84-50-44-66(56-94(84)103)40-42-68-46-52-86-88-54-48-74(64-98(88)105(5,6)96(86)58-68)107(101-61-71-25-9-13-29-77(71)81-33-17-21-37-91(81)101)102-62-72-26-10-14-30-78(72)82-34-18-22-38-92(82)102/h7-64H,1-6H3/b41-39+,42-40+. The Bertz CT molecular complexity index is 6280. The monoisotopic (exact) mass is 1360 g/mol. The van der Waals surface area contributed by atoms with Gasteiger partial charge < -0.3 is 9.80 Å². The molecule has 0 heterocycles. The Morgan fingerprint density at radius 1 is 0.187 bits per heavy atom. The van der Waals surface area contributed by atoms with E-state index >= 15 is 0 Å². The lowest BCUT2D eigenvalue weighted by Gasteiger charge is -2.31. The number of nitrogens with zero attached hydrogens (tertiary/aromatic N) is 2. The van der Waals surface area contributed by atoms with E-state index in [1.54, 1.807) is 0 Å². The fourth-order valence-corrected chi connectivity index (χ4v) is 19.0. The first kappa shape index (κ1) is 62.7. The molecular formula is C105H76N2. The van der Waals surface area contributed by atoms with Crippen LogP contribution in [-0.4, -0.2) is 0 Å². The zero-order chi connectivity index (χ0) is 71.6. The molecule has 3 aliphatic rings. The smallest absolute Gasteiger partial charge is 0.0546 e. The summed E-state index contributed by atoms with van der Waals surface area (Å²) in [7, 11) is 0. The maximum atomic E-state index is 2.55. The molecule has 0 unspecified atom stereocenters. The Kier molecular flexibility index (Phi) is 13.8. The maximum absolute atomic E-state index is 2.55. The number of benzene rings is 18. The van der Waals surface area contributed by atoms with E-state index in [0.29, 0.717) is 0 Å². The Labute approximate surface area is 624 Å². The number of anilines is 6. The second kappa shape index (κ2) is 23.6. The van der Waals surface area contributed by atoms with Crippen molar-refractivity contribution in [2.75, 3.05) is 9.80 Å². The van der Waals surface area contributed by atoms with Crippen LogP contribution in [0.25, 0.3) is 144 Å². The largest absolute Gasteiger partial charge is 0.309 e. The van der Waals surface area contributed by atoms with Crippen LogP contribution in [0, 0.1) is 0 Å². The van der Waals surface area contributed by atoms with E-state index in [0.717, 1.165) is 34.1 Å². The molecule has 506 valence electrons. The Balaban J connectivity index is 0.565. The minimum absolute atomic E-state index is 0.195. The van der Waals surface area contributed by atoms with Crippen LogP contribution in [0.15, 0.2) is 328 Å². The van der Waals surface area contributed by atoms with Gasteiger partial charge in [0.05, 0.1) is 22.7 Å². The first-order valence-electron chi connectivity index (χ1n) is 37.8. The number of fused-ring (bicyclic) bond motifs is 21. The molecule has 0 radical (unpaired) electrons. The molecule has 2 heteroatoms. The van der Waals surface area contributed by atoms with Crippen LogP contribution in [-0.2, 0) is 16.2 Å². The lowest BCUT2D eigenvalue weighted by molar-refractivity contribution is 0.660. The van der Waals surface area contributed by atoms with Crippen molar-refractivity contribution in [2.24, 2.45) is 0 Å². The highest BCUT2D eigenvalue weighted by Crippen LogP contribution is 2.57. The van der Waals surface area contributed by atoms with Crippen LogP contribution in [0.5, 0.6) is 0 Å².